The summed E-state index contributed by atoms with van der Waals surface area (Å²) < 4.78 is 7.06. The molecule has 45 heavy (non-hydrogen) atoms. The second-order valence-electron chi connectivity index (χ2n) is 12.1. The summed E-state index contributed by atoms with van der Waals surface area (Å²) in [6.45, 7) is 11.6. The fourth-order valence-corrected chi connectivity index (χ4v) is 5.26. The third kappa shape index (κ3) is 6.48. The Bertz CT molecular complexity index is 1830. The van der Waals surface area contributed by atoms with Gasteiger partial charge < -0.3 is 20.5 Å². The third-order valence-electron chi connectivity index (χ3n) is 7.81. The van der Waals surface area contributed by atoms with Crippen LogP contribution in [0.1, 0.15) is 39.0 Å². The number of urea groups is 1. The number of carbonyl (C=O) groups excluding carboxylic acids is 2. The van der Waals surface area contributed by atoms with Crippen molar-refractivity contribution in [3.05, 3.63) is 72.2 Å². The number of fused-ring (bicyclic) bond motifs is 1. The van der Waals surface area contributed by atoms with Crippen LogP contribution in [0.5, 0.6) is 0 Å². The number of rotatable bonds is 6. The van der Waals surface area contributed by atoms with Gasteiger partial charge in [-0.25, -0.2) is 19.4 Å². The van der Waals surface area contributed by atoms with E-state index in [4.69, 9.17) is 15.4 Å². The molecular formula is C32H36N10O3. The fraction of sp³-hybridized carbons (Fsp3) is 0.312. The standard InChI is InChI=1S/C32H36N10O3/c1-20(43)41-15-13-40(14-16-41)18-21-5-7-22(8-6-21)28-27-29(33)34-19-35-30(27)42(38-28)24-11-9-23(10-12-24)36-31(44)37-26-17-25(45-39-26)32(2,3)4/h5-12,17,19H,13-16,18H2,1-4H3,(H2,33,34,35)(H2,36,37,39,44). The number of hydrogen-bond donors (Lipinski definition) is 3. The molecule has 1 aliphatic heterocycles. The summed E-state index contributed by atoms with van der Waals surface area (Å²) in [6, 6.07) is 16.8. The molecule has 232 valence electrons. The van der Waals surface area contributed by atoms with E-state index in [9.17, 15) is 9.59 Å². The van der Waals surface area contributed by atoms with Gasteiger partial charge in [0, 0.05) is 62.4 Å². The quantitative estimate of drug-likeness (QED) is 0.249. The van der Waals surface area contributed by atoms with Crippen LogP contribution in [0, 0.1) is 0 Å². The Kier molecular flexibility index (Phi) is 7.94. The van der Waals surface area contributed by atoms with Crippen molar-refractivity contribution >= 4 is 40.3 Å². The second kappa shape index (κ2) is 12.0. The lowest BCUT2D eigenvalue weighted by atomic mass is 9.93. The highest BCUT2D eigenvalue weighted by Gasteiger charge is 2.22. The molecule has 5 aromatic rings. The van der Waals surface area contributed by atoms with Crippen molar-refractivity contribution in [2.75, 3.05) is 42.5 Å². The molecule has 4 N–H and O–H groups in total. The van der Waals surface area contributed by atoms with Crippen molar-refractivity contribution in [1.82, 2.24) is 34.7 Å². The molecule has 13 heteroatoms. The molecule has 6 rings (SSSR count). The first-order valence-corrected chi connectivity index (χ1v) is 14.8. The van der Waals surface area contributed by atoms with Gasteiger partial charge in [0.2, 0.25) is 5.91 Å². The van der Waals surface area contributed by atoms with Gasteiger partial charge in [0.1, 0.15) is 23.6 Å². The minimum absolute atomic E-state index is 0.128. The molecule has 0 radical (unpaired) electrons. The lowest BCUT2D eigenvalue weighted by Gasteiger charge is -2.34. The molecule has 3 amide bonds. The third-order valence-corrected chi connectivity index (χ3v) is 7.81. The maximum absolute atomic E-state index is 12.6. The number of nitrogens with two attached hydrogens (primary N) is 1. The zero-order valence-electron chi connectivity index (χ0n) is 25.7. The maximum Gasteiger partial charge on any atom is 0.324 e. The van der Waals surface area contributed by atoms with Crippen molar-refractivity contribution < 1.29 is 14.1 Å². The van der Waals surface area contributed by atoms with Gasteiger partial charge in [0.15, 0.2) is 11.5 Å². The monoisotopic (exact) mass is 608 g/mol. The molecule has 2 aromatic carbocycles. The Balaban J connectivity index is 1.17. The van der Waals surface area contributed by atoms with E-state index in [1.165, 1.54) is 11.9 Å². The Morgan fingerprint density at radius 1 is 0.956 bits per heavy atom. The highest BCUT2D eigenvalue weighted by atomic mass is 16.5. The first-order chi connectivity index (χ1) is 21.5. The Hall–Kier alpha value is -5.30. The smallest absolute Gasteiger partial charge is 0.324 e. The zero-order chi connectivity index (χ0) is 31.7. The van der Waals surface area contributed by atoms with E-state index in [-0.39, 0.29) is 11.3 Å². The SMILES string of the molecule is CC(=O)N1CCN(Cc2ccc(-c3nn(-c4ccc(NC(=O)Nc5cc(C(C)(C)C)on5)cc4)c4ncnc(N)c34)cc2)CC1. The maximum atomic E-state index is 12.6. The van der Waals surface area contributed by atoms with Crippen LogP contribution in [0.2, 0.25) is 0 Å². The number of benzene rings is 2. The number of nitrogens with one attached hydrogen (secondary N) is 2. The number of amides is 3. The largest absolute Gasteiger partial charge is 0.383 e. The summed E-state index contributed by atoms with van der Waals surface area (Å²) in [6.07, 6.45) is 1.42. The summed E-state index contributed by atoms with van der Waals surface area (Å²) in [7, 11) is 0. The lowest BCUT2D eigenvalue weighted by molar-refractivity contribution is -0.130. The van der Waals surface area contributed by atoms with Crippen LogP contribution in [0.25, 0.3) is 28.0 Å². The van der Waals surface area contributed by atoms with Gasteiger partial charge in [-0.3, -0.25) is 15.0 Å². The van der Waals surface area contributed by atoms with Crippen LogP contribution < -0.4 is 16.4 Å². The first kappa shape index (κ1) is 29.8. The number of anilines is 3. The molecule has 0 unspecified atom stereocenters. The van der Waals surface area contributed by atoms with Gasteiger partial charge in [0.05, 0.1) is 11.1 Å². The average molecular weight is 609 g/mol. The molecular weight excluding hydrogens is 572 g/mol. The molecule has 0 atom stereocenters. The first-order valence-electron chi connectivity index (χ1n) is 14.8. The number of hydrogen-bond acceptors (Lipinski definition) is 9. The Morgan fingerprint density at radius 3 is 2.31 bits per heavy atom. The highest BCUT2D eigenvalue weighted by Crippen LogP contribution is 2.32. The predicted molar refractivity (Wildman–Crippen MR) is 172 cm³/mol. The average Bonchev–Trinajstić information content (AvgIpc) is 3.64. The van der Waals surface area contributed by atoms with E-state index in [0.717, 1.165) is 44.0 Å². The van der Waals surface area contributed by atoms with E-state index >= 15 is 0 Å². The van der Waals surface area contributed by atoms with Gasteiger partial charge >= 0.3 is 6.03 Å². The van der Waals surface area contributed by atoms with Crippen LogP contribution in [0.4, 0.5) is 22.1 Å². The van der Waals surface area contributed by atoms with Gasteiger partial charge in [-0.1, -0.05) is 50.2 Å². The lowest BCUT2D eigenvalue weighted by Crippen LogP contribution is -2.47. The van der Waals surface area contributed by atoms with Gasteiger partial charge in [0.25, 0.3) is 0 Å². The number of aromatic nitrogens is 5. The van der Waals surface area contributed by atoms with E-state index in [0.29, 0.717) is 39.8 Å². The number of piperazine rings is 1. The topological polar surface area (TPSA) is 160 Å². The molecule has 1 aliphatic rings. The normalized spacial score (nSPS) is 14.1. The fourth-order valence-electron chi connectivity index (χ4n) is 5.26. The molecule has 1 fully saturated rings. The van der Waals surface area contributed by atoms with E-state index in [2.05, 4.69) is 42.8 Å². The molecule has 0 aliphatic carbocycles. The number of nitrogens with zero attached hydrogens (tertiary/aromatic N) is 7. The van der Waals surface area contributed by atoms with Gasteiger partial charge in [-0.2, -0.15) is 5.10 Å². The molecule has 0 spiro atoms. The van der Waals surface area contributed by atoms with Crippen LogP contribution in [-0.4, -0.2) is 72.8 Å². The van der Waals surface area contributed by atoms with Crippen LogP contribution >= 0.6 is 0 Å². The van der Waals surface area contributed by atoms with Crippen molar-refractivity contribution in [2.45, 2.75) is 39.7 Å². The predicted octanol–water partition coefficient (Wildman–Crippen LogP) is 4.66. The molecule has 3 aromatic heterocycles. The van der Waals surface area contributed by atoms with Crippen molar-refractivity contribution in [3.63, 3.8) is 0 Å². The van der Waals surface area contributed by atoms with Crippen molar-refractivity contribution in [3.8, 4) is 16.9 Å². The van der Waals surface area contributed by atoms with Crippen LogP contribution in [0.15, 0.2) is 65.4 Å². The van der Waals surface area contributed by atoms with Gasteiger partial charge in [-0.05, 0) is 29.8 Å². The summed E-state index contributed by atoms with van der Waals surface area (Å²) in [5.74, 6) is 1.48. The van der Waals surface area contributed by atoms with E-state index in [1.807, 2.05) is 49.9 Å². The van der Waals surface area contributed by atoms with Crippen LogP contribution in [-0.2, 0) is 16.8 Å². The summed E-state index contributed by atoms with van der Waals surface area (Å²) in [5.41, 5.74) is 10.8. The van der Waals surface area contributed by atoms with Crippen LogP contribution in [0.3, 0.4) is 0 Å². The summed E-state index contributed by atoms with van der Waals surface area (Å²) in [4.78, 5) is 37.2. The molecule has 4 heterocycles. The summed E-state index contributed by atoms with van der Waals surface area (Å²) in [5, 5.41) is 15.0. The molecule has 13 nitrogen and oxygen atoms in total. The minimum Gasteiger partial charge on any atom is -0.383 e. The highest BCUT2D eigenvalue weighted by molar-refractivity contribution is 6.00. The molecule has 0 saturated carbocycles. The second-order valence-corrected chi connectivity index (χ2v) is 12.1. The van der Waals surface area contributed by atoms with E-state index in [1.54, 1.807) is 29.8 Å². The molecule has 1 saturated heterocycles. The van der Waals surface area contributed by atoms with Crippen molar-refractivity contribution in [1.29, 1.82) is 0 Å². The Morgan fingerprint density at radius 2 is 1.67 bits per heavy atom. The van der Waals surface area contributed by atoms with E-state index < -0.39 is 6.03 Å². The minimum atomic E-state index is -0.439. The van der Waals surface area contributed by atoms with Gasteiger partial charge in [-0.15, -0.1) is 0 Å². The number of nitrogen functional groups attached to an aromatic ring is 1. The summed E-state index contributed by atoms with van der Waals surface area (Å²) >= 11 is 0. The molecule has 0 bridgehead atoms. The zero-order valence-corrected chi connectivity index (χ0v) is 25.7. The number of carbonyl (C=O) groups is 2. The Labute approximate surface area is 260 Å². The van der Waals surface area contributed by atoms with Crippen molar-refractivity contribution in [2.24, 2.45) is 0 Å².